The van der Waals surface area contributed by atoms with E-state index in [1.54, 1.807) is 12.1 Å². The van der Waals surface area contributed by atoms with Gasteiger partial charge in [0.15, 0.2) is 0 Å². The van der Waals surface area contributed by atoms with Crippen molar-refractivity contribution in [1.82, 2.24) is 25.2 Å². The number of halogens is 1. The molecular formula is C22H30FN5O. The Balaban J connectivity index is 1.29. The molecule has 3 fully saturated rings. The van der Waals surface area contributed by atoms with Crippen LogP contribution in [0.2, 0.25) is 0 Å². The highest BCUT2D eigenvalue weighted by atomic mass is 19.1. The highest BCUT2D eigenvalue weighted by molar-refractivity contribution is 5.79. The van der Waals surface area contributed by atoms with Gasteiger partial charge < -0.3 is 5.32 Å². The number of amides is 1. The highest BCUT2D eigenvalue weighted by Gasteiger charge is 2.43. The van der Waals surface area contributed by atoms with Crippen LogP contribution in [-0.2, 0) is 24.3 Å². The Kier molecular flexibility index (Phi) is 6.23. The Morgan fingerprint density at radius 2 is 2.14 bits per heavy atom. The normalized spacial score (nSPS) is 25.9. The van der Waals surface area contributed by atoms with Crippen LogP contribution in [0.25, 0.3) is 0 Å². The minimum atomic E-state index is -0.256. The van der Waals surface area contributed by atoms with Gasteiger partial charge in [-0.15, -0.1) is 5.10 Å². The second-order valence-corrected chi connectivity index (χ2v) is 8.42. The van der Waals surface area contributed by atoms with E-state index in [1.807, 2.05) is 4.68 Å². The van der Waals surface area contributed by atoms with E-state index in [-0.39, 0.29) is 17.6 Å². The number of hydrogen-bond acceptors (Lipinski definition) is 4. The molecule has 1 amide bonds. The first-order chi connectivity index (χ1) is 14.1. The maximum Gasteiger partial charge on any atom is 0.224 e. The molecule has 1 aromatic heterocycles. The lowest BCUT2D eigenvalue weighted by atomic mass is 9.75. The molecule has 29 heavy (non-hydrogen) atoms. The van der Waals surface area contributed by atoms with E-state index in [4.69, 9.17) is 0 Å². The number of aryl methyl sites for hydroxylation is 1. The molecule has 2 bridgehead atoms. The van der Waals surface area contributed by atoms with Gasteiger partial charge >= 0.3 is 0 Å². The standard InChI is InChI=1S/C22H30FN5O/c1-2-3-4-19-13-28(26-25-19)14-20-11-17-9-10-27(20)15-21(17)22(29)24-12-16-5-7-18(23)8-6-16/h5-8,13,17,20-21H,2-4,9-12,14-15H2,1H3,(H,24,29)/t17?,20-,21+/m1/s1. The molecule has 1 aromatic carbocycles. The first-order valence-electron chi connectivity index (χ1n) is 10.8. The summed E-state index contributed by atoms with van der Waals surface area (Å²) >= 11 is 0. The van der Waals surface area contributed by atoms with Crippen molar-refractivity contribution in [3.8, 4) is 0 Å². The molecule has 2 unspecified atom stereocenters. The van der Waals surface area contributed by atoms with Gasteiger partial charge in [-0.3, -0.25) is 14.4 Å². The SMILES string of the molecule is CCCCc1cn(C[C@H]2CC3CCN2C[C@@H]3C(=O)NCc2ccc(F)cc2)nn1. The number of piperidine rings is 3. The quantitative estimate of drug-likeness (QED) is 0.741. The van der Waals surface area contributed by atoms with Gasteiger partial charge in [-0.1, -0.05) is 30.7 Å². The second kappa shape index (κ2) is 9.03. The summed E-state index contributed by atoms with van der Waals surface area (Å²) < 4.78 is 15.0. The second-order valence-electron chi connectivity index (χ2n) is 8.42. The summed E-state index contributed by atoms with van der Waals surface area (Å²) in [5.74, 6) is 0.316. The molecule has 3 aliphatic rings. The molecule has 5 rings (SSSR count). The van der Waals surface area contributed by atoms with Gasteiger partial charge in [0.1, 0.15) is 5.82 Å². The number of aromatic nitrogens is 3. The van der Waals surface area contributed by atoms with Gasteiger partial charge in [0, 0.05) is 25.3 Å². The summed E-state index contributed by atoms with van der Waals surface area (Å²) in [6.07, 6.45) is 7.47. The Hall–Kier alpha value is -2.28. The van der Waals surface area contributed by atoms with E-state index in [2.05, 4.69) is 33.6 Å². The molecule has 3 aliphatic heterocycles. The highest BCUT2D eigenvalue weighted by Crippen LogP contribution is 2.37. The van der Waals surface area contributed by atoms with Crippen molar-refractivity contribution in [3.05, 3.63) is 47.5 Å². The zero-order valence-electron chi connectivity index (χ0n) is 17.1. The average Bonchev–Trinajstić information content (AvgIpc) is 3.19. The van der Waals surface area contributed by atoms with Crippen molar-refractivity contribution >= 4 is 5.91 Å². The van der Waals surface area contributed by atoms with Crippen LogP contribution in [0.4, 0.5) is 4.39 Å². The first kappa shape index (κ1) is 20.0. The molecule has 2 aromatic rings. The summed E-state index contributed by atoms with van der Waals surface area (Å²) in [5.41, 5.74) is 1.99. The molecular weight excluding hydrogens is 369 g/mol. The maximum atomic E-state index is 13.0. The summed E-state index contributed by atoms with van der Waals surface area (Å²) in [4.78, 5) is 15.2. The van der Waals surface area contributed by atoms with Gasteiger partial charge in [0.25, 0.3) is 0 Å². The topological polar surface area (TPSA) is 63.1 Å². The van der Waals surface area contributed by atoms with Crippen LogP contribution in [0.1, 0.15) is 43.9 Å². The molecule has 7 heteroatoms. The van der Waals surface area contributed by atoms with Gasteiger partial charge in [0.05, 0.1) is 18.2 Å². The van der Waals surface area contributed by atoms with Crippen molar-refractivity contribution in [2.75, 3.05) is 13.1 Å². The van der Waals surface area contributed by atoms with Crippen LogP contribution in [0, 0.1) is 17.7 Å². The number of fused-ring (bicyclic) bond motifs is 3. The number of unbranched alkanes of at least 4 members (excludes halogenated alkanes) is 1. The molecule has 4 atom stereocenters. The van der Waals surface area contributed by atoms with E-state index >= 15 is 0 Å². The minimum Gasteiger partial charge on any atom is -0.352 e. The maximum absolute atomic E-state index is 13.0. The van der Waals surface area contributed by atoms with Gasteiger partial charge in [-0.25, -0.2) is 4.39 Å². The van der Waals surface area contributed by atoms with Crippen LogP contribution in [0.3, 0.4) is 0 Å². The number of carbonyl (C=O) groups is 1. The van der Waals surface area contributed by atoms with Crippen LogP contribution >= 0.6 is 0 Å². The number of rotatable bonds is 8. The molecule has 6 nitrogen and oxygen atoms in total. The Morgan fingerprint density at radius 1 is 1.31 bits per heavy atom. The zero-order valence-corrected chi connectivity index (χ0v) is 17.1. The molecule has 0 radical (unpaired) electrons. The van der Waals surface area contributed by atoms with Crippen molar-refractivity contribution in [2.24, 2.45) is 11.8 Å². The summed E-state index contributed by atoms with van der Waals surface area (Å²) in [6, 6.07) is 6.72. The molecule has 156 valence electrons. The summed E-state index contributed by atoms with van der Waals surface area (Å²) in [5, 5.41) is 11.6. The molecule has 0 saturated carbocycles. The molecule has 0 spiro atoms. The molecule has 3 saturated heterocycles. The average molecular weight is 400 g/mol. The first-order valence-corrected chi connectivity index (χ1v) is 10.8. The predicted molar refractivity (Wildman–Crippen MR) is 108 cm³/mol. The fourth-order valence-corrected chi connectivity index (χ4v) is 4.66. The fourth-order valence-electron chi connectivity index (χ4n) is 4.66. The van der Waals surface area contributed by atoms with Crippen LogP contribution < -0.4 is 5.32 Å². The number of carbonyl (C=O) groups excluding carboxylic acids is 1. The van der Waals surface area contributed by atoms with Crippen molar-refractivity contribution in [3.63, 3.8) is 0 Å². The summed E-state index contributed by atoms with van der Waals surface area (Å²) in [6.45, 7) is 5.34. The third-order valence-corrected chi connectivity index (χ3v) is 6.37. The Bertz CT molecular complexity index is 821. The largest absolute Gasteiger partial charge is 0.352 e. The van der Waals surface area contributed by atoms with Crippen LogP contribution in [-0.4, -0.2) is 44.9 Å². The van der Waals surface area contributed by atoms with Crippen LogP contribution in [0.5, 0.6) is 0 Å². The fraction of sp³-hybridized carbons (Fsp3) is 0.591. The zero-order chi connectivity index (χ0) is 20.2. The van der Waals surface area contributed by atoms with Gasteiger partial charge in [0.2, 0.25) is 5.91 Å². The van der Waals surface area contributed by atoms with Gasteiger partial charge in [-0.05, 0) is 55.8 Å². The Morgan fingerprint density at radius 3 is 2.86 bits per heavy atom. The molecule has 1 N–H and O–H groups in total. The van der Waals surface area contributed by atoms with E-state index in [0.29, 0.717) is 18.5 Å². The number of nitrogens with one attached hydrogen (secondary N) is 1. The van der Waals surface area contributed by atoms with Crippen LogP contribution in [0.15, 0.2) is 30.5 Å². The molecule has 0 aliphatic carbocycles. The lowest BCUT2D eigenvalue weighted by molar-refractivity contribution is -0.133. The van der Waals surface area contributed by atoms with E-state index in [9.17, 15) is 9.18 Å². The Labute approximate surface area is 171 Å². The van der Waals surface area contributed by atoms with Gasteiger partial charge in [-0.2, -0.15) is 0 Å². The lowest BCUT2D eigenvalue weighted by Crippen LogP contribution is -2.58. The number of benzene rings is 1. The predicted octanol–water partition coefficient (Wildman–Crippen LogP) is 2.79. The van der Waals surface area contributed by atoms with Crippen molar-refractivity contribution in [2.45, 2.75) is 58.2 Å². The van der Waals surface area contributed by atoms with Crippen molar-refractivity contribution in [1.29, 1.82) is 0 Å². The van der Waals surface area contributed by atoms with E-state index < -0.39 is 0 Å². The number of hydrogen-bond donors (Lipinski definition) is 1. The van der Waals surface area contributed by atoms with E-state index in [0.717, 1.165) is 63.0 Å². The third-order valence-electron chi connectivity index (χ3n) is 6.37. The third kappa shape index (κ3) is 4.83. The van der Waals surface area contributed by atoms with Crippen molar-refractivity contribution < 1.29 is 9.18 Å². The monoisotopic (exact) mass is 399 g/mol. The minimum absolute atomic E-state index is 0.0382. The summed E-state index contributed by atoms with van der Waals surface area (Å²) in [7, 11) is 0. The van der Waals surface area contributed by atoms with E-state index in [1.165, 1.54) is 12.1 Å². The number of nitrogens with zero attached hydrogens (tertiary/aromatic N) is 4. The molecule has 4 heterocycles. The lowest BCUT2D eigenvalue weighted by Gasteiger charge is -2.49. The smallest absolute Gasteiger partial charge is 0.224 e.